The number of nitrogens with one attached hydrogen (secondary N) is 1. The van der Waals surface area contributed by atoms with Crippen LogP contribution in [0.3, 0.4) is 0 Å². The summed E-state index contributed by atoms with van der Waals surface area (Å²) in [6, 6.07) is 9.70. The molecule has 0 aliphatic carbocycles. The zero-order chi connectivity index (χ0) is 21.6. The molecule has 0 saturated carbocycles. The molecular weight excluding hydrogens is 408 g/mol. The highest BCUT2D eigenvalue weighted by atomic mass is 32.2. The molecule has 0 bridgehead atoms. The Morgan fingerprint density at radius 3 is 2.37 bits per heavy atom. The van der Waals surface area contributed by atoms with Gasteiger partial charge in [-0.25, -0.2) is 18.2 Å². The lowest BCUT2D eigenvalue weighted by Crippen LogP contribution is -2.52. The number of piperazine rings is 1. The van der Waals surface area contributed by atoms with Gasteiger partial charge in [-0.05, 0) is 36.8 Å². The normalized spacial score (nSPS) is 14.9. The van der Waals surface area contributed by atoms with Crippen molar-refractivity contribution in [3.63, 3.8) is 0 Å². The third-order valence-corrected chi connectivity index (χ3v) is 6.66. The quantitative estimate of drug-likeness (QED) is 0.712. The van der Waals surface area contributed by atoms with E-state index in [1.54, 1.807) is 48.5 Å². The van der Waals surface area contributed by atoms with E-state index in [0.717, 1.165) is 5.56 Å². The van der Waals surface area contributed by atoms with Gasteiger partial charge in [0.05, 0.1) is 18.6 Å². The average Bonchev–Trinajstić information content (AvgIpc) is 2.78. The number of sulfonamides is 1. The van der Waals surface area contributed by atoms with Gasteiger partial charge in [0.1, 0.15) is 5.75 Å². The molecule has 1 aromatic carbocycles. The third-order valence-electron chi connectivity index (χ3n) is 4.75. The van der Waals surface area contributed by atoms with E-state index >= 15 is 0 Å². The molecule has 30 heavy (non-hydrogen) atoms. The van der Waals surface area contributed by atoms with Gasteiger partial charge in [0.25, 0.3) is 0 Å². The van der Waals surface area contributed by atoms with Crippen molar-refractivity contribution in [2.45, 2.75) is 18.4 Å². The smallest absolute Gasteiger partial charge is 0.317 e. The minimum absolute atomic E-state index is 0.218. The van der Waals surface area contributed by atoms with Crippen molar-refractivity contribution in [1.82, 2.24) is 19.5 Å². The Hall–Kier alpha value is -2.85. The summed E-state index contributed by atoms with van der Waals surface area (Å²) >= 11 is 0. The molecule has 10 heteroatoms. The van der Waals surface area contributed by atoms with Gasteiger partial charge in [-0.3, -0.25) is 0 Å². The maximum Gasteiger partial charge on any atom is 0.317 e. The topological polar surface area (TPSA) is 101 Å². The van der Waals surface area contributed by atoms with E-state index in [0.29, 0.717) is 37.9 Å². The van der Waals surface area contributed by atoms with Gasteiger partial charge in [0.2, 0.25) is 15.9 Å². The molecule has 1 aliphatic heterocycles. The van der Waals surface area contributed by atoms with Crippen LogP contribution in [0, 0.1) is 0 Å². The van der Waals surface area contributed by atoms with Gasteiger partial charge in [-0.2, -0.15) is 4.31 Å². The van der Waals surface area contributed by atoms with E-state index in [-0.39, 0.29) is 24.0 Å². The van der Waals surface area contributed by atoms with Crippen LogP contribution in [0.4, 0.5) is 4.79 Å². The number of hydrogen-bond donors (Lipinski definition) is 1. The average molecular weight is 435 g/mol. The molecule has 2 aromatic rings. The monoisotopic (exact) mass is 434 g/mol. The minimum Gasteiger partial charge on any atom is -0.494 e. The first-order chi connectivity index (χ1) is 14.4. The van der Waals surface area contributed by atoms with Crippen molar-refractivity contribution in [3.05, 3.63) is 48.2 Å². The van der Waals surface area contributed by atoms with E-state index < -0.39 is 10.0 Å². The predicted octanol–water partition coefficient (Wildman–Crippen LogP) is 1.70. The fourth-order valence-corrected chi connectivity index (χ4v) is 4.50. The molecule has 0 spiro atoms. The van der Waals surface area contributed by atoms with E-state index in [2.05, 4.69) is 10.3 Å². The van der Waals surface area contributed by atoms with Gasteiger partial charge in [0.15, 0.2) is 0 Å². The van der Waals surface area contributed by atoms with E-state index in [1.165, 1.54) is 4.31 Å². The molecule has 3 rings (SSSR count). The van der Waals surface area contributed by atoms with Crippen molar-refractivity contribution >= 4 is 16.1 Å². The second-order valence-electron chi connectivity index (χ2n) is 6.66. The van der Waals surface area contributed by atoms with Crippen LogP contribution in [0.15, 0.2) is 47.5 Å². The van der Waals surface area contributed by atoms with E-state index in [9.17, 15) is 13.2 Å². The zero-order valence-corrected chi connectivity index (χ0v) is 17.9. The van der Waals surface area contributed by atoms with Crippen LogP contribution >= 0.6 is 0 Å². The molecule has 1 saturated heterocycles. The molecule has 2 heterocycles. The Kier molecular flexibility index (Phi) is 7.11. The summed E-state index contributed by atoms with van der Waals surface area (Å²) in [6.07, 6.45) is 1.64. The molecule has 9 nitrogen and oxygen atoms in total. The molecule has 1 fully saturated rings. The van der Waals surface area contributed by atoms with Gasteiger partial charge >= 0.3 is 6.03 Å². The van der Waals surface area contributed by atoms with Crippen molar-refractivity contribution in [2.24, 2.45) is 0 Å². The molecule has 1 aliphatic rings. The van der Waals surface area contributed by atoms with Crippen LogP contribution in [-0.4, -0.2) is 68.5 Å². The van der Waals surface area contributed by atoms with Crippen molar-refractivity contribution < 1.29 is 22.7 Å². The van der Waals surface area contributed by atoms with Crippen LogP contribution in [0.1, 0.15) is 12.5 Å². The summed E-state index contributed by atoms with van der Waals surface area (Å²) in [5.74, 6) is 1.14. The Bertz CT molecular complexity index is 940. The highest BCUT2D eigenvalue weighted by molar-refractivity contribution is 7.89. The van der Waals surface area contributed by atoms with Gasteiger partial charge in [0, 0.05) is 45.0 Å². The SMILES string of the molecule is CCOc1ccc(S(=O)(=O)N2CCN(C(=O)NCc3ccc(OC)nc3)CC2)cc1. The second-order valence-corrected chi connectivity index (χ2v) is 8.60. The summed E-state index contributed by atoms with van der Waals surface area (Å²) in [5.41, 5.74) is 0.848. The largest absolute Gasteiger partial charge is 0.494 e. The Morgan fingerprint density at radius 2 is 1.80 bits per heavy atom. The van der Waals surface area contributed by atoms with Crippen LogP contribution < -0.4 is 14.8 Å². The molecule has 1 N–H and O–H groups in total. The number of urea groups is 1. The standard InChI is InChI=1S/C20H26N4O5S/c1-3-29-17-5-7-18(8-6-17)30(26,27)24-12-10-23(11-13-24)20(25)22-15-16-4-9-19(28-2)21-14-16/h4-9,14H,3,10-13,15H2,1-2H3,(H,22,25). The number of ether oxygens (including phenoxy) is 2. The van der Waals surface area contributed by atoms with Gasteiger partial charge in [-0.1, -0.05) is 6.07 Å². The molecule has 0 unspecified atom stereocenters. The number of amides is 2. The molecule has 0 radical (unpaired) electrons. The Morgan fingerprint density at radius 1 is 1.10 bits per heavy atom. The number of pyridine rings is 1. The number of benzene rings is 1. The van der Waals surface area contributed by atoms with Crippen molar-refractivity contribution in [3.8, 4) is 11.6 Å². The van der Waals surface area contributed by atoms with Crippen LogP contribution in [0.2, 0.25) is 0 Å². The summed E-state index contributed by atoms with van der Waals surface area (Å²) in [4.78, 5) is 18.3. The first-order valence-corrected chi connectivity index (χ1v) is 11.1. The summed E-state index contributed by atoms with van der Waals surface area (Å²) in [6.45, 7) is 3.85. The van der Waals surface area contributed by atoms with Crippen LogP contribution in [0.25, 0.3) is 0 Å². The second kappa shape index (κ2) is 9.77. The zero-order valence-electron chi connectivity index (χ0n) is 17.1. The van der Waals surface area contributed by atoms with Crippen LogP contribution in [0.5, 0.6) is 11.6 Å². The first-order valence-electron chi connectivity index (χ1n) is 9.68. The molecule has 2 amide bonds. The fraction of sp³-hybridized carbons (Fsp3) is 0.400. The number of nitrogens with zero attached hydrogens (tertiary/aromatic N) is 3. The fourth-order valence-electron chi connectivity index (χ4n) is 3.08. The Balaban J connectivity index is 1.52. The lowest BCUT2D eigenvalue weighted by atomic mass is 10.3. The van der Waals surface area contributed by atoms with Crippen molar-refractivity contribution in [1.29, 1.82) is 0 Å². The molecule has 0 atom stereocenters. The number of methoxy groups -OCH3 is 1. The van der Waals surface area contributed by atoms with Crippen LogP contribution in [-0.2, 0) is 16.6 Å². The number of carbonyl (C=O) groups excluding carboxylic acids is 1. The summed E-state index contributed by atoms with van der Waals surface area (Å²) < 4.78 is 37.5. The highest BCUT2D eigenvalue weighted by Gasteiger charge is 2.30. The molecule has 1 aromatic heterocycles. The van der Waals surface area contributed by atoms with E-state index in [4.69, 9.17) is 9.47 Å². The van der Waals surface area contributed by atoms with Gasteiger partial charge in [-0.15, -0.1) is 0 Å². The highest BCUT2D eigenvalue weighted by Crippen LogP contribution is 2.21. The number of aromatic nitrogens is 1. The first kappa shape index (κ1) is 21.8. The summed E-state index contributed by atoms with van der Waals surface area (Å²) in [7, 11) is -2.06. The number of carbonyl (C=O) groups is 1. The molecular formula is C20H26N4O5S. The Labute approximate surface area is 176 Å². The summed E-state index contributed by atoms with van der Waals surface area (Å²) in [5, 5.41) is 2.83. The lowest BCUT2D eigenvalue weighted by molar-refractivity contribution is 0.172. The molecule has 162 valence electrons. The maximum atomic E-state index is 12.8. The van der Waals surface area contributed by atoms with E-state index in [1.807, 2.05) is 13.0 Å². The lowest BCUT2D eigenvalue weighted by Gasteiger charge is -2.34. The van der Waals surface area contributed by atoms with Gasteiger partial charge < -0.3 is 19.7 Å². The number of hydrogen-bond acceptors (Lipinski definition) is 6. The maximum absolute atomic E-state index is 12.8. The number of rotatable bonds is 7. The predicted molar refractivity (Wildman–Crippen MR) is 111 cm³/mol. The third kappa shape index (κ3) is 5.19. The minimum atomic E-state index is -3.61. The van der Waals surface area contributed by atoms with Crippen molar-refractivity contribution in [2.75, 3.05) is 39.9 Å².